The minimum atomic E-state index is 0.0333. The molecule has 6 aromatic carbocycles. The van der Waals surface area contributed by atoms with Crippen LogP contribution in [0.2, 0.25) is 0 Å². The molecule has 4 aliphatic carbocycles. The average Bonchev–Trinajstić information content (AvgIpc) is 3.68. The van der Waals surface area contributed by atoms with Crippen LogP contribution in [-0.2, 0) is 21.7 Å². The van der Waals surface area contributed by atoms with Crippen LogP contribution in [0.4, 0.5) is 17.1 Å². The molecule has 0 saturated carbocycles. The molecular weight excluding hydrogens is 663 g/mol. The summed E-state index contributed by atoms with van der Waals surface area (Å²) in [5, 5.41) is 0. The maximum absolute atomic E-state index is 2.52. The lowest BCUT2D eigenvalue weighted by atomic mass is 9.72. The predicted molar refractivity (Wildman–Crippen MR) is 232 cm³/mol. The average molecular weight is 714 g/mol. The SMILES string of the molecule is CC1(C)CC2(CC(C)(C)c3cc(-c4cccc(N(c5ccc(-c6ccccc6)cc5)c5ccc6c(c5)C(C)(C)C5C=CC=CC65)c4)ccc32)c2ccccc21. The first kappa shape index (κ1) is 34.1. The maximum Gasteiger partial charge on any atom is 0.0467 e. The summed E-state index contributed by atoms with van der Waals surface area (Å²) < 4.78 is 0. The van der Waals surface area contributed by atoms with Crippen LogP contribution in [0, 0.1) is 5.92 Å². The molecule has 1 heteroatoms. The molecule has 0 aromatic heterocycles. The van der Waals surface area contributed by atoms with Gasteiger partial charge in [0.05, 0.1) is 0 Å². The summed E-state index contributed by atoms with van der Waals surface area (Å²) in [5.41, 5.74) is 17.8. The van der Waals surface area contributed by atoms with Crippen molar-refractivity contribution in [3.8, 4) is 22.3 Å². The molecule has 0 fully saturated rings. The van der Waals surface area contributed by atoms with Crippen LogP contribution in [0.1, 0.15) is 93.7 Å². The van der Waals surface area contributed by atoms with E-state index in [-0.39, 0.29) is 21.7 Å². The summed E-state index contributed by atoms with van der Waals surface area (Å²) in [6.07, 6.45) is 11.6. The van der Waals surface area contributed by atoms with Gasteiger partial charge in [-0.05, 0) is 127 Å². The van der Waals surface area contributed by atoms with Crippen molar-refractivity contribution in [1.82, 2.24) is 0 Å². The molecule has 1 nitrogen and oxygen atoms in total. The highest BCUT2D eigenvalue weighted by atomic mass is 15.1. The Labute approximate surface area is 328 Å². The summed E-state index contributed by atoms with van der Waals surface area (Å²) in [7, 11) is 0. The number of fused-ring (bicyclic) bond motifs is 7. The Morgan fingerprint density at radius 3 is 1.80 bits per heavy atom. The Hall–Kier alpha value is -5.40. The molecule has 1 spiro atoms. The van der Waals surface area contributed by atoms with E-state index in [0.717, 1.165) is 18.5 Å². The molecule has 0 N–H and O–H groups in total. The zero-order chi connectivity index (χ0) is 37.7. The smallest absolute Gasteiger partial charge is 0.0467 e. The van der Waals surface area contributed by atoms with Crippen molar-refractivity contribution in [1.29, 1.82) is 0 Å². The minimum absolute atomic E-state index is 0.0333. The summed E-state index contributed by atoms with van der Waals surface area (Å²) >= 11 is 0. The topological polar surface area (TPSA) is 3.24 Å². The van der Waals surface area contributed by atoms with Crippen molar-refractivity contribution in [3.05, 3.63) is 197 Å². The summed E-state index contributed by atoms with van der Waals surface area (Å²) in [6.45, 7) is 14.7. The number of hydrogen-bond donors (Lipinski definition) is 0. The Kier molecular flexibility index (Phi) is 7.47. The van der Waals surface area contributed by atoms with E-state index in [4.69, 9.17) is 0 Å². The van der Waals surface area contributed by atoms with E-state index in [9.17, 15) is 0 Å². The van der Waals surface area contributed by atoms with Gasteiger partial charge in [-0.3, -0.25) is 0 Å². The van der Waals surface area contributed by atoms with Crippen LogP contribution in [-0.4, -0.2) is 0 Å². The van der Waals surface area contributed by atoms with Crippen molar-refractivity contribution < 1.29 is 0 Å². The van der Waals surface area contributed by atoms with Crippen LogP contribution in [0.15, 0.2) is 164 Å². The van der Waals surface area contributed by atoms with E-state index < -0.39 is 0 Å². The fourth-order valence-corrected chi connectivity index (χ4v) is 11.5. The second kappa shape index (κ2) is 12.0. The van der Waals surface area contributed by atoms with Crippen LogP contribution >= 0.6 is 0 Å². The van der Waals surface area contributed by atoms with E-state index in [2.05, 4.69) is 210 Å². The standard InChI is InChI=1S/C54H51N/c1-51(2)34-54(47-22-13-12-21-46(47)51)35-52(3,4)50-32-39(25-30-48(50)54)38-17-14-18-41(31-38)55(40-26-23-37(24-27-40)36-15-8-7-9-16-36)42-28-29-44-43-19-10-11-20-45(43)53(5,6)49(44)33-42/h7-33,43,45H,34-35H2,1-6H3. The molecule has 55 heavy (non-hydrogen) atoms. The normalized spacial score (nSPS) is 22.9. The van der Waals surface area contributed by atoms with E-state index in [1.165, 1.54) is 61.4 Å². The molecule has 4 aliphatic rings. The molecule has 0 radical (unpaired) electrons. The summed E-state index contributed by atoms with van der Waals surface area (Å²) in [4.78, 5) is 2.46. The van der Waals surface area contributed by atoms with Gasteiger partial charge in [0.15, 0.2) is 0 Å². The first-order valence-corrected chi connectivity index (χ1v) is 20.3. The van der Waals surface area contributed by atoms with Crippen LogP contribution in [0.3, 0.4) is 0 Å². The molecular formula is C54H51N. The largest absolute Gasteiger partial charge is 0.310 e. The maximum atomic E-state index is 2.52. The second-order valence-corrected chi connectivity index (χ2v) is 18.6. The second-order valence-electron chi connectivity index (χ2n) is 18.6. The number of allylic oxidation sites excluding steroid dienone is 4. The first-order valence-electron chi connectivity index (χ1n) is 20.3. The molecule has 0 saturated heterocycles. The Morgan fingerprint density at radius 2 is 1.02 bits per heavy atom. The van der Waals surface area contributed by atoms with Crippen molar-refractivity contribution in [3.63, 3.8) is 0 Å². The lowest BCUT2D eigenvalue weighted by Gasteiger charge is -2.30. The fourth-order valence-electron chi connectivity index (χ4n) is 11.5. The zero-order valence-corrected chi connectivity index (χ0v) is 33.1. The van der Waals surface area contributed by atoms with Gasteiger partial charge in [0.1, 0.15) is 0 Å². The van der Waals surface area contributed by atoms with E-state index in [1.54, 1.807) is 5.56 Å². The van der Waals surface area contributed by atoms with E-state index >= 15 is 0 Å². The Bertz CT molecular complexity index is 2530. The molecule has 0 bridgehead atoms. The van der Waals surface area contributed by atoms with Gasteiger partial charge in [-0.1, -0.05) is 169 Å². The first-order chi connectivity index (χ1) is 26.5. The predicted octanol–water partition coefficient (Wildman–Crippen LogP) is 14.3. The summed E-state index contributed by atoms with van der Waals surface area (Å²) in [6, 6.07) is 52.9. The lowest BCUT2D eigenvalue weighted by molar-refractivity contribution is 0.349. The van der Waals surface area contributed by atoms with E-state index in [0.29, 0.717) is 11.8 Å². The molecule has 3 unspecified atom stereocenters. The molecule has 3 atom stereocenters. The molecule has 10 rings (SSSR count). The summed E-state index contributed by atoms with van der Waals surface area (Å²) in [5.74, 6) is 0.898. The molecule has 6 aromatic rings. The highest BCUT2D eigenvalue weighted by Gasteiger charge is 2.56. The van der Waals surface area contributed by atoms with Gasteiger partial charge >= 0.3 is 0 Å². The van der Waals surface area contributed by atoms with Crippen LogP contribution in [0.5, 0.6) is 0 Å². The fraction of sp³-hybridized carbons (Fsp3) is 0.259. The van der Waals surface area contributed by atoms with Crippen molar-refractivity contribution >= 4 is 17.1 Å². The third-order valence-electron chi connectivity index (χ3n) is 13.9. The van der Waals surface area contributed by atoms with Gasteiger partial charge in [0, 0.05) is 28.4 Å². The number of nitrogens with zero attached hydrogens (tertiary/aromatic N) is 1. The molecule has 0 heterocycles. The molecule has 0 aliphatic heterocycles. The van der Waals surface area contributed by atoms with Crippen molar-refractivity contribution in [2.45, 2.75) is 82.0 Å². The number of rotatable bonds is 5. The van der Waals surface area contributed by atoms with Gasteiger partial charge in [0.25, 0.3) is 0 Å². The van der Waals surface area contributed by atoms with Gasteiger partial charge in [-0.25, -0.2) is 0 Å². The molecule has 272 valence electrons. The highest BCUT2D eigenvalue weighted by molar-refractivity contribution is 5.82. The van der Waals surface area contributed by atoms with Gasteiger partial charge < -0.3 is 4.90 Å². The van der Waals surface area contributed by atoms with Gasteiger partial charge in [0.2, 0.25) is 0 Å². The lowest BCUT2D eigenvalue weighted by Crippen LogP contribution is -2.26. The van der Waals surface area contributed by atoms with Crippen LogP contribution < -0.4 is 4.90 Å². The van der Waals surface area contributed by atoms with Gasteiger partial charge in [-0.2, -0.15) is 0 Å². The number of anilines is 3. The van der Waals surface area contributed by atoms with Crippen LogP contribution in [0.25, 0.3) is 22.3 Å². The van der Waals surface area contributed by atoms with Gasteiger partial charge in [-0.15, -0.1) is 0 Å². The minimum Gasteiger partial charge on any atom is -0.310 e. The third kappa shape index (κ3) is 5.19. The molecule has 0 amide bonds. The van der Waals surface area contributed by atoms with E-state index in [1.807, 2.05) is 0 Å². The van der Waals surface area contributed by atoms with Crippen molar-refractivity contribution in [2.75, 3.05) is 4.90 Å². The highest BCUT2D eigenvalue weighted by Crippen LogP contribution is 2.63. The number of benzene rings is 6. The van der Waals surface area contributed by atoms with Crippen molar-refractivity contribution in [2.24, 2.45) is 5.92 Å². The Morgan fingerprint density at radius 1 is 0.436 bits per heavy atom. The quantitative estimate of drug-likeness (QED) is 0.172. The third-order valence-corrected chi connectivity index (χ3v) is 13.9. The number of hydrogen-bond acceptors (Lipinski definition) is 1. The Balaban J connectivity index is 1.08. The monoisotopic (exact) mass is 713 g/mol. The zero-order valence-electron chi connectivity index (χ0n) is 33.1.